The van der Waals surface area contributed by atoms with E-state index in [4.69, 9.17) is 4.42 Å². The van der Waals surface area contributed by atoms with Crippen LogP contribution in [0, 0.1) is 3.90 Å². The van der Waals surface area contributed by atoms with Gasteiger partial charge in [0.1, 0.15) is 0 Å². The number of fused-ring (bicyclic) bond motifs is 1. The Balaban J connectivity index is 2.31. The third kappa shape index (κ3) is 1.59. The molecule has 0 atom stereocenters. The van der Waals surface area contributed by atoms with Gasteiger partial charge < -0.3 is 4.42 Å². The smallest absolute Gasteiger partial charge is 0.278 e. The molecule has 0 saturated heterocycles. The topological polar surface area (TPSA) is 38.9 Å². The van der Waals surface area contributed by atoms with Crippen LogP contribution in [-0.4, -0.2) is 10.2 Å². The highest BCUT2D eigenvalue weighted by Gasteiger charge is 2.09. The van der Waals surface area contributed by atoms with Gasteiger partial charge in [-0.3, -0.25) is 0 Å². The summed E-state index contributed by atoms with van der Waals surface area (Å²) < 4.78 is 6.00. The second-order valence-electron chi connectivity index (χ2n) is 3.39. The van der Waals surface area contributed by atoms with E-state index < -0.39 is 0 Å². The fourth-order valence-electron chi connectivity index (χ4n) is 1.73. The van der Waals surface area contributed by atoms with Crippen LogP contribution in [0.4, 0.5) is 0 Å². The molecule has 0 aliphatic heterocycles. The van der Waals surface area contributed by atoms with Crippen molar-refractivity contribution in [3.05, 3.63) is 46.4 Å². The summed E-state index contributed by atoms with van der Waals surface area (Å²) in [5.41, 5.74) is 0.980. The number of hydrogen-bond donors (Lipinski definition) is 0. The Morgan fingerprint density at radius 3 is 2.56 bits per heavy atom. The average molecular weight is 322 g/mol. The van der Waals surface area contributed by atoms with Crippen molar-refractivity contribution < 1.29 is 4.42 Å². The molecule has 0 unspecified atom stereocenters. The number of nitrogens with zero attached hydrogens (tertiary/aromatic N) is 2. The maximum atomic E-state index is 5.44. The van der Waals surface area contributed by atoms with Crippen molar-refractivity contribution in [1.82, 2.24) is 10.2 Å². The van der Waals surface area contributed by atoms with Gasteiger partial charge in [0, 0.05) is 28.2 Å². The summed E-state index contributed by atoms with van der Waals surface area (Å²) in [5, 5.41) is 10.2. The first-order valence-corrected chi connectivity index (χ1v) is 5.89. The molecule has 0 aliphatic carbocycles. The minimum atomic E-state index is 0.556. The summed E-state index contributed by atoms with van der Waals surface area (Å²) in [5.74, 6) is 0.571. The van der Waals surface area contributed by atoms with Crippen LogP contribution in [0.2, 0.25) is 0 Å². The predicted octanol–water partition coefficient (Wildman–Crippen LogP) is 3.49. The zero-order valence-electron chi connectivity index (χ0n) is 8.22. The summed E-state index contributed by atoms with van der Waals surface area (Å²) in [6, 6.07) is 14.2. The lowest BCUT2D eigenvalue weighted by atomic mass is 10.0. The molecule has 0 amide bonds. The quantitative estimate of drug-likeness (QED) is 0.644. The standard InChI is InChI=1S/C12H7IN2O/c13-12-15-14-11(16-12)10-7-3-5-8-4-1-2-6-9(8)10/h1-7H. The van der Waals surface area contributed by atoms with Crippen LogP contribution in [0.25, 0.3) is 22.2 Å². The minimum Gasteiger partial charge on any atom is -0.412 e. The Labute approximate surface area is 106 Å². The first-order valence-electron chi connectivity index (χ1n) is 4.82. The van der Waals surface area contributed by atoms with E-state index in [9.17, 15) is 0 Å². The Morgan fingerprint density at radius 1 is 0.938 bits per heavy atom. The molecule has 0 spiro atoms. The van der Waals surface area contributed by atoms with Crippen LogP contribution in [0.3, 0.4) is 0 Å². The van der Waals surface area contributed by atoms with E-state index in [1.807, 2.05) is 46.9 Å². The molecule has 0 fully saturated rings. The molecule has 78 valence electrons. The third-order valence-corrected chi connectivity index (χ3v) is 2.86. The van der Waals surface area contributed by atoms with E-state index in [1.165, 1.54) is 5.39 Å². The summed E-state index contributed by atoms with van der Waals surface area (Å²) >= 11 is 2.01. The van der Waals surface area contributed by atoms with Gasteiger partial charge in [0.2, 0.25) is 5.89 Å². The Morgan fingerprint density at radius 2 is 1.75 bits per heavy atom. The molecule has 16 heavy (non-hydrogen) atoms. The largest absolute Gasteiger partial charge is 0.412 e. The molecule has 1 aromatic heterocycles. The zero-order chi connectivity index (χ0) is 11.0. The molecule has 0 N–H and O–H groups in total. The Bertz CT molecular complexity index is 643. The summed E-state index contributed by atoms with van der Waals surface area (Å²) in [7, 11) is 0. The molecule has 0 aliphatic rings. The Hall–Kier alpha value is -1.43. The Kier molecular flexibility index (Phi) is 2.36. The number of rotatable bonds is 1. The van der Waals surface area contributed by atoms with Gasteiger partial charge in [-0.2, -0.15) is 0 Å². The molecular weight excluding hydrogens is 315 g/mol. The van der Waals surface area contributed by atoms with E-state index >= 15 is 0 Å². The summed E-state index contributed by atoms with van der Waals surface area (Å²) in [6.07, 6.45) is 0. The van der Waals surface area contributed by atoms with Gasteiger partial charge in [-0.25, -0.2) is 0 Å². The van der Waals surface area contributed by atoms with E-state index in [1.54, 1.807) is 0 Å². The molecule has 0 saturated carbocycles. The molecule has 1 heterocycles. The SMILES string of the molecule is Ic1nnc(-c2cccc3ccccc23)o1. The highest BCUT2D eigenvalue weighted by Crippen LogP contribution is 2.27. The van der Waals surface area contributed by atoms with Crippen molar-refractivity contribution in [2.45, 2.75) is 0 Å². The van der Waals surface area contributed by atoms with Crippen LogP contribution in [0.1, 0.15) is 0 Å². The van der Waals surface area contributed by atoms with Crippen LogP contribution in [0.15, 0.2) is 46.9 Å². The van der Waals surface area contributed by atoms with Crippen molar-refractivity contribution in [1.29, 1.82) is 0 Å². The van der Waals surface area contributed by atoms with Gasteiger partial charge in [0.15, 0.2) is 0 Å². The van der Waals surface area contributed by atoms with Crippen molar-refractivity contribution in [2.75, 3.05) is 0 Å². The number of hydrogen-bond acceptors (Lipinski definition) is 3. The first-order chi connectivity index (χ1) is 7.84. The van der Waals surface area contributed by atoms with Crippen LogP contribution in [-0.2, 0) is 0 Å². The fourth-order valence-corrected chi connectivity index (χ4v) is 2.04. The second-order valence-corrected chi connectivity index (χ2v) is 4.31. The number of aromatic nitrogens is 2. The van der Waals surface area contributed by atoms with Crippen molar-refractivity contribution in [3.63, 3.8) is 0 Å². The molecule has 0 radical (unpaired) electrons. The highest BCUT2D eigenvalue weighted by molar-refractivity contribution is 14.1. The monoisotopic (exact) mass is 322 g/mol. The minimum absolute atomic E-state index is 0.556. The zero-order valence-corrected chi connectivity index (χ0v) is 10.4. The molecule has 3 rings (SSSR count). The van der Waals surface area contributed by atoms with Gasteiger partial charge in [-0.15, -0.1) is 10.2 Å². The number of benzene rings is 2. The van der Waals surface area contributed by atoms with Crippen LogP contribution >= 0.6 is 22.6 Å². The van der Waals surface area contributed by atoms with Crippen molar-refractivity contribution >= 4 is 33.4 Å². The van der Waals surface area contributed by atoms with Gasteiger partial charge >= 0.3 is 0 Å². The average Bonchev–Trinajstić information content (AvgIpc) is 2.75. The lowest BCUT2D eigenvalue weighted by molar-refractivity contribution is 0.537. The number of halogens is 1. The van der Waals surface area contributed by atoms with E-state index in [2.05, 4.69) is 28.4 Å². The molecule has 0 bridgehead atoms. The lowest BCUT2D eigenvalue weighted by Gasteiger charge is -2.01. The van der Waals surface area contributed by atoms with Crippen LogP contribution < -0.4 is 0 Å². The van der Waals surface area contributed by atoms with Gasteiger partial charge in [-0.1, -0.05) is 36.4 Å². The van der Waals surface area contributed by atoms with Gasteiger partial charge in [0.25, 0.3) is 3.90 Å². The lowest BCUT2D eigenvalue weighted by Crippen LogP contribution is -1.80. The van der Waals surface area contributed by atoms with E-state index in [0.717, 1.165) is 10.9 Å². The first kappa shape index (κ1) is 9.77. The maximum Gasteiger partial charge on any atom is 0.278 e. The summed E-state index contributed by atoms with van der Waals surface area (Å²) in [6.45, 7) is 0. The molecule has 4 heteroatoms. The summed E-state index contributed by atoms with van der Waals surface area (Å²) in [4.78, 5) is 0. The van der Waals surface area contributed by atoms with Crippen LogP contribution in [0.5, 0.6) is 0 Å². The van der Waals surface area contributed by atoms with Gasteiger partial charge in [-0.05, 0) is 16.8 Å². The molecule has 2 aromatic carbocycles. The third-order valence-electron chi connectivity index (χ3n) is 2.42. The maximum absolute atomic E-state index is 5.44. The molecule has 3 aromatic rings. The predicted molar refractivity (Wildman–Crippen MR) is 70.0 cm³/mol. The molecular formula is C12H7IN2O. The normalized spacial score (nSPS) is 10.8. The highest BCUT2D eigenvalue weighted by atomic mass is 127. The van der Waals surface area contributed by atoms with Crippen molar-refractivity contribution in [2.24, 2.45) is 0 Å². The van der Waals surface area contributed by atoms with E-state index in [0.29, 0.717) is 9.79 Å². The molecule has 3 nitrogen and oxygen atoms in total. The second kappa shape index (κ2) is 3.86. The van der Waals surface area contributed by atoms with Crippen molar-refractivity contribution in [3.8, 4) is 11.5 Å². The van der Waals surface area contributed by atoms with Gasteiger partial charge in [0.05, 0.1) is 0 Å². The van der Waals surface area contributed by atoms with E-state index in [-0.39, 0.29) is 0 Å². The fraction of sp³-hybridized carbons (Fsp3) is 0.